The van der Waals surface area contributed by atoms with Gasteiger partial charge in [0.25, 0.3) is 0 Å². The minimum atomic E-state index is 0.974. The Kier molecular flexibility index (Phi) is 2.18. The summed E-state index contributed by atoms with van der Waals surface area (Å²) in [6.45, 7) is 7.27. The first-order chi connectivity index (χ1) is 5.72. The van der Waals surface area contributed by atoms with E-state index in [0.717, 1.165) is 29.6 Å². The van der Waals surface area contributed by atoms with Crippen LogP contribution in [-0.2, 0) is 0 Å². The van der Waals surface area contributed by atoms with Gasteiger partial charge >= 0.3 is 0 Å². The minimum Gasteiger partial charge on any atom is -0.0651 e. The molecule has 0 bridgehead atoms. The number of hydrogen-bond donors (Lipinski definition) is 0. The molecule has 0 amide bonds. The van der Waals surface area contributed by atoms with E-state index in [1.54, 1.807) is 19.3 Å². The SMILES string of the molecule is CCC(C)C1CC2CC2CC1C. The maximum absolute atomic E-state index is 2.48. The number of fused-ring (bicyclic) bond motifs is 1. The minimum absolute atomic E-state index is 0.974. The van der Waals surface area contributed by atoms with Crippen molar-refractivity contribution < 1.29 is 0 Å². The van der Waals surface area contributed by atoms with Gasteiger partial charge in [-0.3, -0.25) is 0 Å². The summed E-state index contributed by atoms with van der Waals surface area (Å²) >= 11 is 0. The Bertz CT molecular complexity index is 161. The highest BCUT2D eigenvalue weighted by molar-refractivity contribution is 4.95. The predicted octanol–water partition coefficient (Wildman–Crippen LogP) is 3.71. The maximum Gasteiger partial charge on any atom is -0.0360 e. The molecule has 0 aliphatic heterocycles. The fourth-order valence-electron chi connectivity index (χ4n) is 3.22. The van der Waals surface area contributed by atoms with Gasteiger partial charge in [-0.15, -0.1) is 0 Å². The molecule has 0 N–H and O–H groups in total. The molecule has 0 heteroatoms. The van der Waals surface area contributed by atoms with Crippen LogP contribution in [0.3, 0.4) is 0 Å². The van der Waals surface area contributed by atoms with E-state index in [2.05, 4.69) is 20.8 Å². The molecule has 0 saturated heterocycles. The summed E-state index contributed by atoms with van der Waals surface area (Å²) < 4.78 is 0. The second kappa shape index (κ2) is 3.05. The molecule has 2 saturated carbocycles. The summed E-state index contributed by atoms with van der Waals surface area (Å²) in [4.78, 5) is 0. The van der Waals surface area contributed by atoms with Crippen molar-refractivity contribution in [2.24, 2.45) is 29.6 Å². The van der Waals surface area contributed by atoms with Gasteiger partial charge in [0.15, 0.2) is 0 Å². The summed E-state index contributed by atoms with van der Waals surface area (Å²) in [5.41, 5.74) is 0. The van der Waals surface area contributed by atoms with Gasteiger partial charge in [-0.05, 0) is 48.9 Å². The highest BCUT2D eigenvalue weighted by atomic mass is 14.5. The zero-order valence-electron chi connectivity index (χ0n) is 8.72. The molecule has 5 atom stereocenters. The van der Waals surface area contributed by atoms with Gasteiger partial charge in [0.2, 0.25) is 0 Å². The highest BCUT2D eigenvalue weighted by Crippen LogP contribution is 2.55. The van der Waals surface area contributed by atoms with E-state index in [9.17, 15) is 0 Å². The summed E-state index contributed by atoms with van der Waals surface area (Å²) in [5, 5.41) is 0. The van der Waals surface area contributed by atoms with Crippen LogP contribution in [0.1, 0.15) is 46.5 Å². The summed E-state index contributed by atoms with van der Waals surface area (Å²) in [7, 11) is 0. The lowest BCUT2D eigenvalue weighted by Crippen LogP contribution is -2.24. The lowest BCUT2D eigenvalue weighted by Gasteiger charge is -2.32. The van der Waals surface area contributed by atoms with Crippen molar-refractivity contribution in [3.05, 3.63) is 0 Å². The third kappa shape index (κ3) is 1.41. The molecule has 2 aliphatic rings. The van der Waals surface area contributed by atoms with E-state index in [0.29, 0.717) is 0 Å². The second-order valence-electron chi connectivity index (χ2n) is 5.25. The van der Waals surface area contributed by atoms with E-state index >= 15 is 0 Å². The Balaban J connectivity index is 1.94. The lowest BCUT2D eigenvalue weighted by molar-refractivity contribution is 0.173. The predicted molar refractivity (Wildman–Crippen MR) is 52.9 cm³/mol. The molecule has 0 aromatic carbocycles. The molecule has 70 valence electrons. The molecule has 2 rings (SSSR count). The zero-order valence-corrected chi connectivity index (χ0v) is 8.72. The third-order valence-corrected chi connectivity index (χ3v) is 4.42. The van der Waals surface area contributed by atoms with Gasteiger partial charge in [0.05, 0.1) is 0 Å². The van der Waals surface area contributed by atoms with Gasteiger partial charge in [-0.2, -0.15) is 0 Å². The first kappa shape index (κ1) is 8.59. The fourth-order valence-corrected chi connectivity index (χ4v) is 3.22. The zero-order chi connectivity index (χ0) is 8.72. The Labute approximate surface area is 76.7 Å². The molecule has 0 spiro atoms. The maximum atomic E-state index is 2.48. The smallest absolute Gasteiger partial charge is 0.0360 e. The fraction of sp³-hybridized carbons (Fsp3) is 1.00. The first-order valence-electron chi connectivity index (χ1n) is 5.72. The van der Waals surface area contributed by atoms with E-state index in [1.807, 2.05) is 0 Å². The van der Waals surface area contributed by atoms with Crippen LogP contribution in [0.4, 0.5) is 0 Å². The van der Waals surface area contributed by atoms with Crippen LogP contribution in [0, 0.1) is 29.6 Å². The van der Waals surface area contributed by atoms with Crippen molar-refractivity contribution in [2.75, 3.05) is 0 Å². The van der Waals surface area contributed by atoms with Crippen molar-refractivity contribution in [1.29, 1.82) is 0 Å². The van der Waals surface area contributed by atoms with Gasteiger partial charge in [-0.1, -0.05) is 27.2 Å². The van der Waals surface area contributed by atoms with Gasteiger partial charge in [0, 0.05) is 0 Å². The van der Waals surface area contributed by atoms with Crippen molar-refractivity contribution in [1.82, 2.24) is 0 Å². The summed E-state index contributed by atoms with van der Waals surface area (Å²) in [6, 6.07) is 0. The molecule has 0 radical (unpaired) electrons. The van der Waals surface area contributed by atoms with Crippen LogP contribution in [0.2, 0.25) is 0 Å². The standard InChI is InChI=1S/C12H22/c1-4-8(2)12-7-11-6-10(11)5-9(12)3/h8-12H,4-7H2,1-3H3. The largest absolute Gasteiger partial charge is 0.0651 e. The van der Waals surface area contributed by atoms with Crippen LogP contribution in [-0.4, -0.2) is 0 Å². The highest BCUT2D eigenvalue weighted by Gasteiger charge is 2.45. The van der Waals surface area contributed by atoms with Gasteiger partial charge in [-0.25, -0.2) is 0 Å². The van der Waals surface area contributed by atoms with E-state index in [1.165, 1.54) is 6.42 Å². The van der Waals surface area contributed by atoms with Gasteiger partial charge in [0.1, 0.15) is 0 Å². The summed E-state index contributed by atoms with van der Waals surface area (Å²) in [5.74, 6) is 5.35. The first-order valence-corrected chi connectivity index (χ1v) is 5.72. The van der Waals surface area contributed by atoms with Gasteiger partial charge < -0.3 is 0 Å². The van der Waals surface area contributed by atoms with Crippen molar-refractivity contribution >= 4 is 0 Å². The number of hydrogen-bond acceptors (Lipinski definition) is 0. The molecule has 0 aromatic rings. The molecule has 0 aromatic heterocycles. The second-order valence-corrected chi connectivity index (χ2v) is 5.25. The van der Waals surface area contributed by atoms with Crippen LogP contribution in [0.15, 0.2) is 0 Å². The van der Waals surface area contributed by atoms with Crippen molar-refractivity contribution in [3.63, 3.8) is 0 Å². The average molecular weight is 166 g/mol. The third-order valence-electron chi connectivity index (χ3n) is 4.42. The molecule has 5 unspecified atom stereocenters. The Hall–Kier alpha value is 0. The van der Waals surface area contributed by atoms with E-state index in [-0.39, 0.29) is 0 Å². The average Bonchev–Trinajstić information content (AvgIpc) is 2.79. The monoisotopic (exact) mass is 166 g/mol. The Morgan fingerprint density at radius 3 is 2.50 bits per heavy atom. The topological polar surface area (TPSA) is 0 Å². The molecular formula is C12H22. The summed E-state index contributed by atoms with van der Waals surface area (Å²) in [6.07, 6.45) is 6.05. The normalized spacial score (nSPS) is 48.2. The van der Waals surface area contributed by atoms with Crippen molar-refractivity contribution in [3.8, 4) is 0 Å². The van der Waals surface area contributed by atoms with E-state index < -0.39 is 0 Å². The van der Waals surface area contributed by atoms with E-state index in [4.69, 9.17) is 0 Å². The molecule has 2 aliphatic carbocycles. The Morgan fingerprint density at radius 2 is 1.83 bits per heavy atom. The lowest BCUT2D eigenvalue weighted by atomic mass is 9.73. The van der Waals surface area contributed by atoms with Crippen LogP contribution in [0.25, 0.3) is 0 Å². The van der Waals surface area contributed by atoms with Crippen LogP contribution >= 0.6 is 0 Å². The van der Waals surface area contributed by atoms with Crippen LogP contribution in [0.5, 0.6) is 0 Å². The van der Waals surface area contributed by atoms with Crippen molar-refractivity contribution in [2.45, 2.75) is 46.5 Å². The molecule has 0 nitrogen and oxygen atoms in total. The molecular weight excluding hydrogens is 144 g/mol. The number of rotatable bonds is 2. The Morgan fingerprint density at radius 1 is 1.17 bits per heavy atom. The molecule has 0 heterocycles. The quantitative estimate of drug-likeness (QED) is 0.586. The molecule has 2 fully saturated rings. The molecule has 12 heavy (non-hydrogen) atoms. The van der Waals surface area contributed by atoms with Crippen LogP contribution < -0.4 is 0 Å².